The third-order valence-corrected chi connectivity index (χ3v) is 4.92. The molecule has 1 aliphatic rings. The summed E-state index contributed by atoms with van der Waals surface area (Å²) in [6.07, 6.45) is 1.84. The molecule has 2 aromatic heterocycles. The number of para-hydroxylation sites is 1. The number of ether oxygens (including phenoxy) is 1. The van der Waals surface area contributed by atoms with Gasteiger partial charge in [-0.15, -0.1) is 0 Å². The summed E-state index contributed by atoms with van der Waals surface area (Å²) in [4.78, 5) is 21.8. The zero-order valence-corrected chi connectivity index (χ0v) is 16.8. The van der Waals surface area contributed by atoms with Crippen molar-refractivity contribution in [3.05, 3.63) is 77.1 Å². The van der Waals surface area contributed by atoms with Crippen LogP contribution in [-0.4, -0.2) is 53.0 Å². The number of nitrogens with zero attached hydrogens (tertiary/aromatic N) is 6. The molecule has 0 N–H and O–H groups in total. The van der Waals surface area contributed by atoms with Crippen molar-refractivity contribution in [1.29, 1.82) is 0 Å². The molecule has 0 aliphatic carbocycles. The summed E-state index contributed by atoms with van der Waals surface area (Å²) in [7, 11) is 1.79. The van der Waals surface area contributed by atoms with Crippen molar-refractivity contribution in [2.75, 3.05) is 36.7 Å². The number of alkyl halides is 1. The first-order valence-electron chi connectivity index (χ1n) is 9.69. The minimum atomic E-state index is -1.48. The van der Waals surface area contributed by atoms with Crippen LogP contribution in [0, 0.1) is 10.1 Å². The zero-order valence-electron chi connectivity index (χ0n) is 16.8. The third kappa shape index (κ3) is 4.30. The number of anilines is 4. The lowest BCUT2D eigenvalue weighted by Gasteiger charge is -2.39. The maximum Gasteiger partial charge on any atom is 0.313 e. The fourth-order valence-electron chi connectivity index (χ4n) is 3.35. The highest BCUT2D eigenvalue weighted by Crippen LogP contribution is 2.37. The maximum absolute atomic E-state index is 14.9. The smallest absolute Gasteiger partial charge is 0.313 e. The minimum Gasteiger partial charge on any atom is -0.376 e. The van der Waals surface area contributed by atoms with Gasteiger partial charge in [0.2, 0.25) is 5.82 Å². The van der Waals surface area contributed by atoms with Crippen LogP contribution in [0.15, 0.2) is 67.0 Å². The summed E-state index contributed by atoms with van der Waals surface area (Å²) < 4.78 is 20.1. The van der Waals surface area contributed by atoms with Crippen molar-refractivity contribution in [3.63, 3.8) is 0 Å². The van der Waals surface area contributed by atoms with Crippen LogP contribution >= 0.6 is 0 Å². The number of aromatic nitrogens is 2. The second kappa shape index (κ2) is 9.02. The fourth-order valence-corrected chi connectivity index (χ4v) is 3.35. The van der Waals surface area contributed by atoms with E-state index in [4.69, 9.17) is 4.74 Å². The summed E-state index contributed by atoms with van der Waals surface area (Å²) in [6.45, 7) is 0.386. The third-order valence-electron chi connectivity index (χ3n) is 4.92. The highest BCUT2D eigenvalue weighted by atomic mass is 19.1. The van der Waals surface area contributed by atoms with Gasteiger partial charge in [-0.05, 0) is 30.3 Å². The van der Waals surface area contributed by atoms with Gasteiger partial charge in [0.15, 0.2) is 6.30 Å². The van der Waals surface area contributed by atoms with Crippen LogP contribution in [0.4, 0.5) is 33.1 Å². The Morgan fingerprint density at radius 2 is 1.94 bits per heavy atom. The van der Waals surface area contributed by atoms with Crippen LogP contribution in [0.1, 0.15) is 0 Å². The van der Waals surface area contributed by atoms with Gasteiger partial charge in [0.25, 0.3) is 0 Å². The van der Waals surface area contributed by atoms with Crippen molar-refractivity contribution in [3.8, 4) is 0 Å². The molecule has 0 bridgehead atoms. The SMILES string of the molecule is CN(c1cccnc1)c1ccc([N+](=O)[O-])c(N(c2ccccc2)N2CCOCC2F)n1. The molecule has 9 nitrogen and oxygen atoms in total. The number of morpholine rings is 1. The Balaban J connectivity index is 1.85. The fraction of sp³-hybridized carbons (Fsp3) is 0.238. The summed E-state index contributed by atoms with van der Waals surface area (Å²) in [5.74, 6) is 0.479. The predicted octanol–water partition coefficient (Wildman–Crippen LogP) is 3.83. The average Bonchev–Trinajstić information content (AvgIpc) is 2.81. The van der Waals surface area contributed by atoms with E-state index in [-0.39, 0.29) is 24.7 Å². The number of hydrogen-bond donors (Lipinski definition) is 0. The molecule has 4 rings (SSSR count). The Labute approximate surface area is 178 Å². The molecule has 0 saturated carbocycles. The van der Waals surface area contributed by atoms with Gasteiger partial charge in [-0.1, -0.05) is 18.2 Å². The predicted molar refractivity (Wildman–Crippen MR) is 114 cm³/mol. The van der Waals surface area contributed by atoms with E-state index in [1.807, 2.05) is 12.1 Å². The second-order valence-electron chi connectivity index (χ2n) is 6.86. The van der Waals surface area contributed by atoms with E-state index in [9.17, 15) is 14.5 Å². The van der Waals surface area contributed by atoms with Gasteiger partial charge >= 0.3 is 5.69 Å². The number of benzene rings is 1. The number of hydrogen-bond acceptors (Lipinski definition) is 8. The molecular weight excluding hydrogens is 403 g/mol. The van der Waals surface area contributed by atoms with Crippen LogP contribution in [0.3, 0.4) is 0 Å². The molecule has 0 spiro atoms. The van der Waals surface area contributed by atoms with Crippen molar-refractivity contribution < 1.29 is 14.1 Å². The monoisotopic (exact) mass is 424 g/mol. The average molecular weight is 424 g/mol. The summed E-state index contributed by atoms with van der Waals surface area (Å²) in [6, 6.07) is 15.5. The molecule has 1 unspecified atom stereocenters. The highest BCUT2D eigenvalue weighted by molar-refractivity contribution is 5.71. The summed E-state index contributed by atoms with van der Waals surface area (Å²) >= 11 is 0. The molecule has 1 saturated heterocycles. The van der Waals surface area contributed by atoms with Gasteiger partial charge in [0.05, 0.1) is 35.7 Å². The second-order valence-corrected chi connectivity index (χ2v) is 6.86. The van der Waals surface area contributed by atoms with Crippen molar-refractivity contribution >= 4 is 28.7 Å². The van der Waals surface area contributed by atoms with E-state index < -0.39 is 11.2 Å². The number of halogens is 1. The Bertz CT molecular complexity index is 1040. The van der Waals surface area contributed by atoms with Gasteiger partial charge in [0, 0.05) is 25.9 Å². The lowest BCUT2D eigenvalue weighted by Crippen LogP contribution is -2.51. The van der Waals surface area contributed by atoms with Crippen LogP contribution in [0.25, 0.3) is 0 Å². The Morgan fingerprint density at radius 3 is 2.61 bits per heavy atom. The van der Waals surface area contributed by atoms with Gasteiger partial charge in [-0.2, -0.15) is 5.01 Å². The molecule has 10 heteroatoms. The quantitative estimate of drug-likeness (QED) is 0.335. The van der Waals surface area contributed by atoms with Crippen molar-refractivity contribution in [2.24, 2.45) is 0 Å². The number of rotatable bonds is 6. The van der Waals surface area contributed by atoms with E-state index in [1.54, 1.807) is 60.7 Å². The number of pyridine rings is 2. The maximum atomic E-state index is 14.9. The lowest BCUT2D eigenvalue weighted by atomic mass is 10.2. The molecule has 0 radical (unpaired) electrons. The van der Waals surface area contributed by atoms with Crippen molar-refractivity contribution in [1.82, 2.24) is 15.0 Å². The largest absolute Gasteiger partial charge is 0.376 e. The van der Waals surface area contributed by atoms with Crippen LogP contribution < -0.4 is 9.91 Å². The Hall–Kier alpha value is -3.63. The Kier molecular flexibility index (Phi) is 6.01. The van der Waals surface area contributed by atoms with E-state index in [1.165, 1.54) is 16.1 Å². The molecule has 1 aliphatic heterocycles. The van der Waals surface area contributed by atoms with Gasteiger partial charge < -0.3 is 9.64 Å². The minimum absolute atomic E-state index is 0.0222. The molecule has 1 aromatic carbocycles. The molecule has 1 fully saturated rings. The Morgan fingerprint density at radius 1 is 1.16 bits per heavy atom. The molecule has 31 heavy (non-hydrogen) atoms. The topological polar surface area (TPSA) is 87.9 Å². The molecule has 1 atom stereocenters. The number of nitro groups is 1. The van der Waals surface area contributed by atoms with Crippen LogP contribution in [-0.2, 0) is 4.74 Å². The first-order chi connectivity index (χ1) is 15.1. The summed E-state index contributed by atoms with van der Waals surface area (Å²) in [5, 5.41) is 14.7. The molecule has 160 valence electrons. The standard InChI is InChI=1S/C21H21FN6O3/c1-25(17-8-5-11-23-14-17)20-10-9-18(28(29)30)21(24-20)27(16-6-3-2-4-7-16)26-12-13-31-15-19(26)22/h2-11,14,19H,12-13,15H2,1H3. The molecule has 3 aromatic rings. The zero-order chi connectivity index (χ0) is 21.8. The van der Waals surface area contributed by atoms with E-state index in [0.717, 1.165) is 5.69 Å². The molecule has 0 amide bonds. The number of hydrazine groups is 1. The van der Waals surface area contributed by atoms with Crippen molar-refractivity contribution in [2.45, 2.75) is 6.30 Å². The van der Waals surface area contributed by atoms with Crippen LogP contribution in [0.5, 0.6) is 0 Å². The first kappa shape index (κ1) is 20.6. The summed E-state index contributed by atoms with van der Waals surface area (Å²) in [5.41, 5.74) is 1.09. The van der Waals surface area contributed by atoms with E-state index in [0.29, 0.717) is 18.1 Å². The van der Waals surface area contributed by atoms with Crippen LogP contribution in [0.2, 0.25) is 0 Å². The lowest BCUT2D eigenvalue weighted by molar-refractivity contribution is -0.384. The van der Waals surface area contributed by atoms with E-state index >= 15 is 0 Å². The first-order valence-corrected chi connectivity index (χ1v) is 9.69. The van der Waals surface area contributed by atoms with Gasteiger partial charge in [-0.25, -0.2) is 14.4 Å². The normalized spacial score (nSPS) is 16.6. The van der Waals surface area contributed by atoms with E-state index in [2.05, 4.69) is 9.97 Å². The molecule has 3 heterocycles. The van der Waals surface area contributed by atoms with Gasteiger partial charge in [-0.3, -0.25) is 15.1 Å². The highest BCUT2D eigenvalue weighted by Gasteiger charge is 2.34. The van der Waals surface area contributed by atoms with Gasteiger partial charge in [0.1, 0.15) is 5.82 Å². The molecular formula is C21H21FN6O3.